The molecule has 2 aromatic carbocycles. The van der Waals surface area contributed by atoms with Crippen molar-refractivity contribution < 1.29 is 9.59 Å². The lowest BCUT2D eigenvalue weighted by Gasteiger charge is -2.08. The summed E-state index contributed by atoms with van der Waals surface area (Å²) in [6, 6.07) is 9.66. The van der Waals surface area contributed by atoms with Crippen LogP contribution in [0.3, 0.4) is 0 Å². The van der Waals surface area contributed by atoms with Crippen molar-refractivity contribution in [2.24, 2.45) is 0 Å². The summed E-state index contributed by atoms with van der Waals surface area (Å²) < 4.78 is 0. The zero-order chi connectivity index (χ0) is 21.9. The molecule has 4 nitrogen and oxygen atoms in total. The van der Waals surface area contributed by atoms with Crippen molar-refractivity contribution in [3.05, 3.63) is 67.6 Å². The van der Waals surface area contributed by atoms with E-state index in [-0.39, 0.29) is 11.8 Å². The van der Waals surface area contributed by atoms with E-state index in [0.717, 1.165) is 38.5 Å². The van der Waals surface area contributed by atoms with Crippen LogP contribution in [0.1, 0.15) is 59.2 Å². The Kier molecular flexibility index (Phi) is 10.8. The van der Waals surface area contributed by atoms with Gasteiger partial charge in [-0.1, -0.05) is 72.1 Å². The maximum absolute atomic E-state index is 12.1. The number of hydrogen-bond donors (Lipinski definition) is 2. The molecule has 0 aliphatic rings. The van der Waals surface area contributed by atoms with Gasteiger partial charge in [-0.15, -0.1) is 0 Å². The second-order valence-corrected chi connectivity index (χ2v) is 8.57. The number of carbonyl (C=O) groups excluding carboxylic acids is 2. The number of rotatable bonds is 11. The number of benzene rings is 2. The van der Waals surface area contributed by atoms with Gasteiger partial charge >= 0.3 is 0 Å². The number of hydrogen-bond acceptors (Lipinski definition) is 2. The predicted molar refractivity (Wildman–Crippen MR) is 125 cm³/mol. The highest BCUT2D eigenvalue weighted by molar-refractivity contribution is 6.37. The molecule has 0 aliphatic heterocycles. The van der Waals surface area contributed by atoms with Crippen LogP contribution in [0, 0.1) is 0 Å². The van der Waals surface area contributed by atoms with Gasteiger partial charge in [0.15, 0.2) is 0 Å². The lowest BCUT2D eigenvalue weighted by molar-refractivity contribution is 0.0944. The van der Waals surface area contributed by atoms with Gasteiger partial charge in [-0.25, -0.2) is 0 Å². The molecular formula is C22H24Cl4N2O2. The van der Waals surface area contributed by atoms with Gasteiger partial charge in [0.2, 0.25) is 0 Å². The molecule has 0 spiro atoms. The summed E-state index contributed by atoms with van der Waals surface area (Å²) in [6.07, 6.45) is 6.03. The Morgan fingerprint density at radius 1 is 0.600 bits per heavy atom. The van der Waals surface area contributed by atoms with Crippen molar-refractivity contribution in [2.75, 3.05) is 13.1 Å². The molecule has 0 aliphatic carbocycles. The Morgan fingerprint density at radius 3 is 1.33 bits per heavy atom. The molecule has 0 heterocycles. The molecule has 0 aromatic heterocycles. The second-order valence-electron chi connectivity index (χ2n) is 6.88. The first kappa shape index (κ1) is 24.8. The van der Waals surface area contributed by atoms with Crippen molar-refractivity contribution in [3.8, 4) is 0 Å². The van der Waals surface area contributed by atoms with Crippen LogP contribution in [-0.4, -0.2) is 24.9 Å². The van der Waals surface area contributed by atoms with Gasteiger partial charge in [-0.2, -0.15) is 0 Å². The van der Waals surface area contributed by atoms with Crippen LogP contribution in [0.15, 0.2) is 36.4 Å². The summed E-state index contributed by atoms with van der Waals surface area (Å²) in [5.74, 6) is -0.374. The Morgan fingerprint density at radius 2 is 0.967 bits per heavy atom. The Labute approximate surface area is 197 Å². The van der Waals surface area contributed by atoms with Gasteiger partial charge in [-0.05, 0) is 49.2 Å². The molecule has 0 unspecified atom stereocenters. The Balaban J connectivity index is 1.50. The van der Waals surface area contributed by atoms with E-state index in [1.165, 1.54) is 0 Å². The van der Waals surface area contributed by atoms with Gasteiger partial charge in [0.25, 0.3) is 11.8 Å². The van der Waals surface area contributed by atoms with Crippen molar-refractivity contribution in [2.45, 2.75) is 38.5 Å². The normalized spacial score (nSPS) is 10.7. The number of amides is 2. The molecule has 2 amide bonds. The maximum Gasteiger partial charge on any atom is 0.252 e. The van der Waals surface area contributed by atoms with Crippen LogP contribution in [0.5, 0.6) is 0 Å². The van der Waals surface area contributed by atoms with Crippen molar-refractivity contribution >= 4 is 58.2 Å². The van der Waals surface area contributed by atoms with Crippen LogP contribution in [0.4, 0.5) is 0 Å². The molecular weight excluding hydrogens is 466 g/mol. The average molecular weight is 490 g/mol. The summed E-state index contributed by atoms with van der Waals surface area (Å²) in [5.41, 5.74) is 0.867. The van der Waals surface area contributed by atoms with Gasteiger partial charge in [0.05, 0.1) is 21.2 Å². The van der Waals surface area contributed by atoms with Crippen LogP contribution in [0.2, 0.25) is 20.1 Å². The smallest absolute Gasteiger partial charge is 0.252 e. The molecule has 2 aromatic rings. The number of unbranched alkanes of at least 4 members (excludes halogenated alkanes) is 5. The fraction of sp³-hybridized carbons (Fsp3) is 0.364. The largest absolute Gasteiger partial charge is 0.352 e. The average Bonchev–Trinajstić information content (AvgIpc) is 2.69. The first-order chi connectivity index (χ1) is 14.4. The Bertz CT molecular complexity index is 803. The van der Waals surface area contributed by atoms with E-state index in [9.17, 15) is 9.59 Å². The van der Waals surface area contributed by atoms with Gasteiger partial charge < -0.3 is 10.6 Å². The lowest BCUT2D eigenvalue weighted by atomic mass is 10.1. The molecule has 30 heavy (non-hydrogen) atoms. The summed E-state index contributed by atoms with van der Waals surface area (Å²) in [5, 5.41) is 7.46. The highest BCUT2D eigenvalue weighted by atomic mass is 35.5. The van der Waals surface area contributed by atoms with E-state index in [2.05, 4.69) is 10.6 Å². The first-order valence-corrected chi connectivity index (χ1v) is 11.4. The van der Waals surface area contributed by atoms with Gasteiger partial charge in [0.1, 0.15) is 0 Å². The van der Waals surface area contributed by atoms with E-state index < -0.39 is 0 Å². The van der Waals surface area contributed by atoms with Crippen molar-refractivity contribution in [1.82, 2.24) is 10.6 Å². The summed E-state index contributed by atoms with van der Waals surface area (Å²) in [7, 11) is 0. The zero-order valence-electron chi connectivity index (χ0n) is 16.4. The summed E-state index contributed by atoms with van der Waals surface area (Å²) >= 11 is 23.7. The predicted octanol–water partition coefficient (Wildman–Crippen LogP) is 6.80. The number of carbonyl (C=O) groups is 2. The van der Waals surface area contributed by atoms with Crippen LogP contribution in [0.25, 0.3) is 0 Å². The van der Waals surface area contributed by atoms with Gasteiger partial charge in [0, 0.05) is 23.1 Å². The van der Waals surface area contributed by atoms with E-state index in [4.69, 9.17) is 46.4 Å². The fourth-order valence-corrected chi connectivity index (χ4v) is 3.89. The van der Waals surface area contributed by atoms with Crippen LogP contribution >= 0.6 is 46.4 Å². The molecule has 0 fully saturated rings. The highest BCUT2D eigenvalue weighted by Gasteiger charge is 2.10. The molecule has 0 saturated heterocycles. The number of nitrogens with one attached hydrogen (secondary N) is 2. The highest BCUT2D eigenvalue weighted by Crippen LogP contribution is 2.21. The fourth-order valence-electron chi connectivity index (χ4n) is 2.90. The van der Waals surface area contributed by atoms with E-state index in [1.54, 1.807) is 36.4 Å². The van der Waals surface area contributed by atoms with E-state index >= 15 is 0 Å². The maximum atomic E-state index is 12.1. The quantitative estimate of drug-likeness (QED) is 0.341. The number of halogens is 4. The molecule has 2 N–H and O–H groups in total. The summed E-state index contributed by atoms with van der Waals surface area (Å²) in [4.78, 5) is 24.2. The molecule has 0 saturated carbocycles. The molecule has 0 bridgehead atoms. The third-order valence-electron chi connectivity index (χ3n) is 4.53. The topological polar surface area (TPSA) is 58.2 Å². The van der Waals surface area contributed by atoms with E-state index in [1.807, 2.05) is 0 Å². The van der Waals surface area contributed by atoms with Crippen molar-refractivity contribution in [3.63, 3.8) is 0 Å². The monoisotopic (exact) mass is 488 g/mol. The molecule has 8 heteroatoms. The van der Waals surface area contributed by atoms with Crippen LogP contribution in [-0.2, 0) is 0 Å². The minimum atomic E-state index is -0.187. The Hall–Kier alpha value is -1.46. The molecule has 162 valence electrons. The third-order valence-corrected chi connectivity index (χ3v) is 5.62. The molecule has 0 radical (unpaired) electrons. The first-order valence-electron chi connectivity index (χ1n) is 9.85. The second kappa shape index (κ2) is 13.1. The minimum absolute atomic E-state index is 0.187. The van der Waals surface area contributed by atoms with Crippen molar-refractivity contribution in [1.29, 1.82) is 0 Å². The zero-order valence-corrected chi connectivity index (χ0v) is 19.5. The standard InChI is InChI=1S/C22H24Cl4N2O2/c23-15-7-9-17(19(25)13-15)21(29)27-11-5-3-1-2-4-6-12-28-22(30)18-10-8-16(24)14-20(18)26/h7-10,13-14H,1-6,11-12H2,(H,27,29)(H,28,30). The third kappa shape index (κ3) is 8.35. The van der Waals surface area contributed by atoms with Gasteiger partial charge in [-0.3, -0.25) is 9.59 Å². The van der Waals surface area contributed by atoms with E-state index in [0.29, 0.717) is 44.3 Å². The molecule has 0 atom stereocenters. The van der Waals surface area contributed by atoms with Crippen LogP contribution < -0.4 is 10.6 Å². The SMILES string of the molecule is O=C(NCCCCCCCCNC(=O)c1ccc(Cl)cc1Cl)c1ccc(Cl)cc1Cl. The minimum Gasteiger partial charge on any atom is -0.352 e. The summed E-state index contributed by atoms with van der Waals surface area (Å²) in [6.45, 7) is 1.21. The molecule has 2 rings (SSSR count). The lowest BCUT2D eigenvalue weighted by Crippen LogP contribution is -2.24.